The van der Waals surface area contributed by atoms with E-state index in [-0.39, 0.29) is 0 Å². The van der Waals surface area contributed by atoms with E-state index in [1.54, 1.807) is 0 Å². The van der Waals surface area contributed by atoms with Crippen molar-refractivity contribution in [2.24, 2.45) is 0 Å². The van der Waals surface area contributed by atoms with Gasteiger partial charge < -0.3 is 0 Å². The fourth-order valence-electron chi connectivity index (χ4n) is 1.26. The number of hydrogen-bond acceptors (Lipinski definition) is 0. The SMILES string of the molecule is Brc1ccccc1[C@@H]1C[C@@H]1Br. The molecule has 1 aromatic rings. The van der Waals surface area contributed by atoms with Gasteiger partial charge in [-0.05, 0) is 24.0 Å². The van der Waals surface area contributed by atoms with Gasteiger partial charge in [0.1, 0.15) is 0 Å². The zero-order chi connectivity index (χ0) is 7.84. The second-order valence-corrected chi connectivity index (χ2v) is 4.91. The van der Waals surface area contributed by atoms with Crippen molar-refractivity contribution in [2.45, 2.75) is 17.2 Å². The number of halogens is 2. The lowest BCUT2D eigenvalue weighted by atomic mass is 10.1. The van der Waals surface area contributed by atoms with E-state index in [1.807, 2.05) is 0 Å². The standard InChI is InChI=1S/C9H8Br2/c10-8-4-2-1-3-6(8)7-5-9(7)11/h1-4,7,9H,5H2/t7-,9-/m0/s1. The summed E-state index contributed by atoms with van der Waals surface area (Å²) in [7, 11) is 0. The van der Waals surface area contributed by atoms with Gasteiger partial charge in [0.15, 0.2) is 0 Å². The molecule has 1 saturated carbocycles. The summed E-state index contributed by atoms with van der Waals surface area (Å²) >= 11 is 7.14. The fourth-order valence-corrected chi connectivity index (χ4v) is 2.53. The lowest BCUT2D eigenvalue weighted by Gasteiger charge is -1.99. The number of rotatable bonds is 1. The monoisotopic (exact) mass is 274 g/mol. The molecule has 0 heterocycles. The average Bonchev–Trinajstić information content (AvgIpc) is 2.68. The smallest absolute Gasteiger partial charge is 0.0221 e. The molecule has 2 heteroatoms. The van der Waals surface area contributed by atoms with Gasteiger partial charge in [-0.25, -0.2) is 0 Å². The van der Waals surface area contributed by atoms with E-state index in [0.717, 1.165) is 5.92 Å². The molecule has 11 heavy (non-hydrogen) atoms. The van der Waals surface area contributed by atoms with Crippen molar-refractivity contribution in [3.63, 3.8) is 0 Å². The molecule has 1 aliphatic carbocycles. The topological polar surface area (TPSA) is 0 Å². The van der Waals surface area contributed by atoms with E-state index < -0.39 is 0 Å². The molecule has 2 atom stereocenters. The van der Waals surface area contributed by atoms with Crippen LogP contribution in [0.5, 0.6) is 0 Å². The van der Waals surface area contributed by atoms with Crippen molar-refractivity contribution < 1.29 is 0 Å². The van der Waals surface area contributed by atoms with Gasteiger partial charge in [0, 0.05) is 9.30 Å². The van der Waals surface area contributed by atoms with Crippen LogP contribution in [0.4, 0.5) is 0 Å². The minimum atomic E-state index is 0.709. The van der Waals surface area contributed by atoms with Crippen LogP contribution in [0.1, 0.15) is 17.9 Å². The van der Waals surface area contributed by atoms with Crippen LogP contribution in [-0.2, 0) is 0 Å². The van der Waals surface area contributed by atoms with Crippen LogP contribution in [0.2, 0.25) is 0 Å². The molecule has 0 radical (unpaired) electrons. The summed E-state index contributed by atoms with van der Waals surface area (Å²) in [6, 6.07) is 8.45. The third-order valence-corrected chi connectivity index (χ3v) is 3.75. The molecular formula is C9H8Br2. The predicted molar refractivity (Wildman–Crippen MR) is 54.2 cm³/mol. The van der Waals surface area contributed by atoms with Crippen molar-refractivity contribution in [1.82, 2.24) is 0 Å². The van der Waals surface area contributed by atoms with Crippen LogP contribution in [0.25, 0.3) is 0 Å². The first-order valence-corrected chi connectivity index (χ1v) is 5.38. The van der Waals surface area contributed by atoms with Gasteiger partial charge in [-0.1, -0.05) is 50.1 Å². The van der Waals surface area contributed by atoms with E-state index in [9.17, 15) is 0 Å². The Morgan fingerprint density at radius 1 is 1.27 bits per heavy atom. The summed E-state index contributed by atoms with van der Waals surface area (Å²) in [5, 5.41) is 0. The Balaban J connectivity index is 2.31. The minimum Gasteiger partial charge on any atom is -0.0884 e. The van der Waals surface area contributed by atoms with Crippen molar-refractivity contribution in [3.05, 3.63) is 34.3 Å². The summed E-state index contributed by atoms with van der Waals surface area (Å²) in [5.74, 6) is 0.741. The van der Waals surface area contributed by atoms with Gasteiger partial charge in [-0.2, -0.15) is 0 Å². The Kier molecular flexibility index (Phi) is 2.06. The van der Waals surface area contributed by atoms with Gasteiger partial charge in [-0.15, -0.1) is 0 Å². The van der Waals surface area contributed by atoms with Gasteiger partial charge >= 0.3 is 0 Å². The average molecular weight is 276 g/mol. The Hall–Kier alpha value is 0.180. The Morgan fingerprint density at radius 2 is 1.91 bits per heavy atom. The number of benzene rings is 1. The molecule has 0 nitrogen and oxygen atoms in total. The molecule has 0 saturated heterocycles. The van der Waals surface area contributed by atoms with Crippen LogP contribution in [-0.4, -0.2) is 4.83 Å². The summed E-state index contributed by atoms with van der Waals surface area (Å²) in [5.41, 5.74) is 1.44. The summed E-state index contributed by atoms with van der Waals surface area (Å²) < 4.78 is 1.24. The van der Waals surface area contributed by atoms with Crippen molar-refractivity contribution in [1.29, 1.82) is 0 Å². The highest BCUT2D eigenvalue weighted by molar-refractivity contribution is 9.10. The normalized spacial score (nSPS) is 28.5. The molecule has 0 unspecified atom stereocenters. The van der Waals surface area contributed by atoms with Gasteiger partial charge in [0.05, 0.1) is 0 Å². The van der Waals surface area contributed by atoms with E-state index >= 15 is 0 Å². The lowest BCUT2D eigenvalue weighted by Crippen LogP contribution is -1.82. The van der Waals surface area contributed by atoms with E-state index in [0.29, 0.717) is 4.83 Å². The van der Waals surface area contributed by atoms with Crippen molar-refractivity contribution in [3.8, 4) is 0 Å². The Bertz CT molecular complexity index is 270. The molecule has 1 aliphatic rings. The van der Waals surface area contributed by atoms with Crippen LogP contribution in [0.3, 0.4) is 0 Å². The van der Waals surface area contributed by atoms with Crippen molar-refractivity contribution in [2.75, 3.05) is 0 Å². The fraction of sp³-hybridized carbons (Fsp3) is 0.333. The maximum Gasteiger partial charge on any atom is 0.0221 e. The highest BCUT2D eigenvalue weighted by atomic mass is 79.9. The first kappa shape index (κ1) is 7.81. The second-order valence-electron chi connectivity index (χ2n) is 2.88. The summed E-state index contributed by atoms with van der Waals surface area (Å²) in [4.78, 5) is 0.709. The zero-order valence-electron chi connectivity index (χ0n) is 5.93. The van der Waals surface area contributed by atoms with E-state index in [1.165, 1.54) is 16.5 Å². The van der Waals surface area contributed by atoms with Gasteiger partial charge in [0.25, 0.3) is 0 Å². The molecule has 0 aromatic heterocycles. The third-order valence-electron chi connectivity index (χ3n) is 2.02. The summed E-state index contributed by atoms with van der Waals surface area (Å²) in [6.07, 6.45) is 1.28. The van der Waals surface area contributed by atoms with Crippen LogP contribution < -0.4 is 0 Å². The number of alkyl halides is 1. The maximum absolute atomic E-state index is 3.60. The zero-order valence-corrected chi connectivity index (χ0v) is 9.10. The summed E-state index contributed by atoms with van der Waals surface area (Å²) in [6.45, 7) is 0. The van der Waals surface area contributed by atoms with Crippen molar-refractivity contribution >= 4 is 31.9 Å². The molecule has 0 amide bonds. The third kappa shape index (κ3) is 1.52. The quantitative estimate of drug-likeness (QED) is 0.686. The van der Waals surface area contributed by atoms with E-state index in [4.69, 9.17) is 0 Å². The highest BCUT2D eigenvalue weighted by Crippen LogP contribution is 2.48. The largest absolute Gasteiger partial charge is 0.0884 e. The van der Waals surface area contributed by atoms with Crippen LogP contribution in [0, 0.1) is 0 Å². The highest BCUT2D eigenvalue weighted by Gasteiger charge is 2.36. The molecule has 1 aromatic carbocycles. The van der Waals surface area contributed by atoms with E-state index in [2.05, 4.69) is 56.1 Å². The molecule has 0 bridgehead atoms. The molecular weight excluding hydrogens is 268 g/mol. The van der Waals surface area contributed by atoms with Crippen LogP contribution >= 0.6 is 31.9 Å². The Labute approximate surface area is 83.3 Å². The predicted octanol–water partition coefficient (Wildman–Crippen LogP) is 3.70. The number of hydrogen-bond donors (Lipinski definition) is 0. The van der Waals surface area contributed by atoms with Crippen LogP contribution in [0.15, 0.2) is 28.7 Å². The lowest BCUT2D eigenvalue weighted by molar-refractivity contribution is 1.12. The molecule has 58 valence electrons. The molecule has 0 aliphatic heterocycles. The Morgan fingerprint density at radius 3 is 2.45 bits per heavy atom. The maximum atomic E-state index is 3.60. The molecule has 0 spiro atoms. The molecule has 2 rings (SSSR count). The second kappa shape index (κ2) is 2.91. The molecule has 1 fully saturated rings. The van der Waals surface area contributed by atoms with Gasteiger partial charge in [-0.3, -0.25) is 0 Å². The first-order chi connectivity index (χ1) is 5.29. The molecule has 0 N–H and O–H groups in total. The van der Waals surface area contributed by atoms with Gasteiger partial charge in [0.2, 0.25) is 0 Å². The minimum absolute atomic E-state index is 0.709. The first-order valence-electron chi connectivity index (χ1n) is 3.67.